The third-order valence-corrected chi connectivity index (χ3v) is 4.30. The molecule has 15 heavy (non-hydrogen) atoms. The fourth-order valence-electron chi connectivity index (χ4n) is 3.43. The summed E-state index contributed by atoms with van der Waals surface area (Å²) < 4.78 is 0. The lowest BCUT2D eigenvalue weighted by Crippen LogP contribution is -2.58. The Morgan fingerprint density at radius 1 is 1.40 bits per heavy atom. The van der Waals surface area contributed by atoms with Crippen molar-refractivity contribution < 1.29 is 9.90 Å². The molecular formula is C11H18N2O2. The second-order valence-electron chi connectivity index (χ2n) is 5.10. The quantitative estimate of drug-likeness (QED) is 0.681. The van der Waals surface area contributed by atoms with Crippen LogP contribution in [0.1, 0.15) is 19.3 Å². The second-order valence-corrected chi connectivity index (χ2v) is 5.10. The predicted molar refractivity (Wildman–Crippen MR) is 55.6 cm³/mol. The van der Waals surface area contributed by atoms with Gasteiger partial charge in [-0.1, -0.05) is 0 Å². The molecule has 84 valence electrons. The number of carbonyl (C=O) groups is 1. The number of piperazine rings is 1. The van der Waals surface area contributed by atoms with E-state index >= 15 is 0 Å². The van der Waals surface area contributed by atoms with E-state index in [1.54, 1.807) is 0 Å². The Balaban J connectivity index is 1.73. The van der Waals surface area contributed by atoms with Crippen molar-refractivity contribution in [3.8, 4) is 0 Å². The van der Waals surface area contributed by atoms with Gasteiger partial charge in [0.2, 0.25) is 0 Å². The highest BCUT2D eigenvalue weighted by Crippen LogP contribution is 2.53. The van der Waals surface area contributed by atoms with Crippen LogP contribution in [0, 0.1) is 11.8 Å². The lowest BCUT2D eigenvalue weighted by atomic mass is 10.1. The van der Waals surface area contributed by atoms with Crippen LogP contribution in [0.5, 0.6) is 0 Å². The highest BCUT2D eigenvalue weighted by molar-refractivity contribution is 5.74. The molecule has 0 radical (unpaired) electrons. The van der Waals surface area contributed by atoms with Gasteiger partial charge in [0.25, 0.3) is 0 Å². The van der Waals surface area contributed by atoms with Gasteiger partial charge in [-0.2, -0.15) is 0 Å². The number of aliphatic carboxylic acids is 1. The molecule has 3 rings (SSSR count). The SMILES string of the molecule is O=C(O)C1CNCCN1C1CCC2CC21. The first kappa shape index (κ1) is 9.60. The van der Waals surface area contributed by atoms with Gasteiger partial charge in [0.05, 0.1) is 0 Å². The van der Waals surface area contributed by atoms with Gasteiger partial charge in [-0.15, -0.1) is 0 Å². The van der Waals surface area contributed by atoms with Crippen molar-refractivity contribution in [2.24, 2.45) is 11.8 Å². The van der Waals surface area contributed by atoms with Gasteiger partial charge in [-0.3, -0.25) is 9.69 Å². The summed E-state index contributed by atoms with van der Waals surface area (Å²) in [5, 5.41) is 12.4. The average Bonchev–Trinajstić information content (AvgIpc) is 2.90. The molecule has 2 N–H and O–H groups in total. The first-order valence-corrected chi connectivity index (χ1v) is 5.96. The molecule has 2 aliphatic carbocycles. The average molecular weight is 210 g/mol. The summed E-state index contributed by atoms with van der Waals surface area (Å²) in [6.07, 6.45) is 3.89. The zero-order valence-corrected chi connectivity index (χ0v) is 8.85. The summed E-state index contributed by atoms with van der Waals surface area (Å²) in [4.78, 5) is 13.4. The molecule has 0 spiro atoms. The number of rotatable bonds is 2. The van der Waals surface area contributed by atoms with Crippen molar-refractivity contribution in [1.82, 2.24) is 10.2 Å². The summed E-state index contributed by atoms with van der Waals surface area (Å²) in [5.74, 6) is 1.09. The number of carboxylic acid groups (broad SMARTS) is 1. The molecular weight excluding hydrogens is 192 g/mol. The molecule has 0 aromatic carbocycles. The number of fused-ring (bicyclic) bond motifs is 1. The van der Waals surface area contributed by atoms with E-state index in [1.807, 2.05) is 0 Å². The van der Waals surface area contributed by atoms with Crippen molar-refractivity contribution in [1.29, 1.82) is 0 Å². The molecule has 4 nitrogen and oxygen atoms in total. The zero-order chi connectivity index (χ0) is 10.4. The molecule has 1 saturated heterocycles. The van der Waals surface area contributed by atoms with Gasteiger partial charge in [0, 0.05) is 25.7 Å². The summed E-state index contributed by atoms with van der Waals surface area (Å²) in [5.41, 5.74) is 0. The largest absolute Gasteiger partial charge is 0.480 e. The van der Waals surface area contributed by atoms with Crippen LogP contribution in [0.15, 0.2) is 0 Å². The van der Waals surface area contributed by atoms with Gasteiger partial charge < -0.3 is 10.4 Å². The van der Waals surface area contributed by atoms with Crippen LogP contribution in [0.3, 0.4) is 0 Å². The second kappa shape index (κ2) is 3.46. The Labute approximate surface area is 89.6 Å². The maximum atomic E-state index is 11.2. The molecule has 4 heteroatoms. The standard InChI is InChI=1S/C11H18N2O2/c14-11(15)10-6-12-3-4-13(10)9-2-1-7-5-8(7)9/h7-10,12H,1-6H2,(H,14,15). The van der Waals surface area contributed by atoms with Crippen molar-refractivity contribution >= 4 is 5.97 Å². The molecule has 3 aliphatic rings. The zero-order valence-electron chi connectivity index (χ0n) is 8.85. The van der Waals surface area contributed by atoms with Gasteiger partial charge in [-0.05, 0) is 31.1 Å². The lowest BCUT2D eigenvalue weighted by Gasteiger charge is -2.38. The highest BCUT2D eigenvalue weighted by Gasteiger charge is 2.52. The molecule has 0 aromatic rings. The summed E-state index contributed by atoms with van der Waals surface area (Å²) in [6, 6.07) is 0.279. The number of nitrogens with zero attached hydrogens (tertiary/aromatic N) is 1. The van der Waals surface area contributed by atoms with E-state index in [0.29, 0.717) is 12.6 Å². The smallest absolute Gasteiger partial charge is 0.322 e. The van der Waals surface area contributed by atoms with Crippen LogP contribution < -0.4 is 5.32 Å². The summed E-state index contributed by atoms with van der Waals surface area (Å²) in [6.45, 7) is 2.46. The third-order valence-electron chi connectivity index (χ3n) is 4.30. The molecule has 1 aliphatic heterocycles. The number of nitrogens with one attached hydrogen (secondary N) is 1. The fraction of sp³-hybridized carbons (Fsp3) is 0.909. The molecule has 4 unspecified atom stereocenters. The minimum absolute atomic E-state index is 0.289. The number of carboxylic acids is 1. The maximum absolute atomic E-state index is 11.2. The topological polar surface area (TPSA) is 52.6 Å². The molecule has 2 saturated carbocycles. The van der Waals surface area contributed by atoms with Crippen molar-refractivity contribution in [3.63, 3.8) is 0 Å². The Morgan fingerprint density at radius 3 is 2.87 bits per heavy atom. The molecule has 1 heterocycles. The van der Waals surface area contributed by atoms with Gasteiger partial charge in [-0.25, -0.2) is 0 Å². The van der Waals surface area contributed by atoms with Crippen LogP contribution in [-0.4, -0.2) is 47.7 Å². The normalized spacial score (nSPS) is 45.1. The predicted octanol–water partition coefficient (Wildman–Crippen LogP) is 0.143. The van der Waals surface area contributed by atoms with Crippen LogP contribution in [0.4, 0.5) is 0 Å². The van der Waals surface area contributed by atoms with E-state index in [-0.39, 0.29) is 6.04 Å². The fourth-order valence-corrected chi connectivity index (χ4v) is 3.43. The number of hydrogen-bond acceptors (Lipinski definition) is 3. The molecule has 4 atom stereocenters. The van der Waals surface area contributed by atoms with Crippen LogP contribution in [0.25, 0.3) is 0 Å². The maximum Gasteiger partial charge on any atom is 0.322 e. The number of hydrogen-bond donors (Lipinski definition) is 2. The van der Waals surface area contributed by atoms with Crippen LogP contribution in [-0.2, 0) is 4.79 Å². The molecule has 3 fully saturated rings. The van der Waals surface area contributed by atoms with E-state index in [4.69, 9.17) is 0 Å². The minimum atomic E-state index is -0.661. The lowest BCUT2D eigenvalue weighted by molar-refractivity contribution is -0.145. The highest BCUT2D eigenvalue weighted by atomic mass is 16.4. The molecule has 0 aromatic heterocycles. The minimum Gasteiger partial charge on any atom is -0.480 e. The summed E-state index contributed by atoms with van der Waals surface area (Å²) in [7, 11) is 0. The van der Waals surface area contributed by atoms with Crippen LogP contribution >= 0.6 is 0 Å². The van der Waals surface area contributed by atoms with Gasteiger partial charge in [0.15, 0.2) is 0 Å². The van der Waals surface area contributed by atoms with Crippen LogP contribution in [0.2, 0.25) is 0 Å². The first-order chi connectivity index (χ1) is 7.27. The monoisotopic (exact) mass is 210 g/mol. The van der Waals surface area contributed by atoms with E-state index in [1.165, 1.54) is 19.3 Å². The van der Waals surface area contributed by atoms with Gasteiger partial charge in [0.1, 0.15) is 6.04 Å². The Bertz CT molecular complexity index is 282. The Hall–Kier alpha value is -0.610. The summed E-state index contributed by atoms with van der Waals surface area (Å²) >= 11 is 0. The van der Waals surface area contributed by atoms with E-state index < -0.39 is 5.97 Å². The Morgan fingerprint density at radius 2 is 2.27 bits per heavy atom. The first-order valence-electron chi connectivity index (χ1n) is 5.96. The van der Waals surface area contributed by atoms with E-state index in [2.05, 4.69) is 10.2 Å². The Kier molecular flexibility index (Phi) is 2.21. The van der Waals surface area contributed by atoms with Crippen molar-refractivity contribution in [2.45, 2.75) is 31.3 Å². The molecule has 0 bridgehead atoms. The third kappa shape index (κ3) is 1.56. The van der Waals surface area contributed by atoms with Gasteiger partial charge >= 0.3 is 5.97 Å². The van der Waals surface area contributed by atoms with Crippen molar-refractivity contribution in [3.05, 3.63) is 0 Å². The molecule has 0 amide bonds. The van der Waals surface area contributed by atoms with Crippen molar-refractivity contribution in [2.75, 3.05) is 19.6 Å². The van der Waals surface area contributed by atoms with E-state index in [0.717, 1.165) is 24.9 Å². The van der Waals surface area contributed by atoms with E-state index in [9.17, 15) is 9.90 Å².